The van der Waals surface area contributed by atoms with Crippen LogP contribution in [0.15, 0.2) is 0 Å². The van der Waals surface area contributed by atoms with Crippen LogP contribution < -0.4 is 0 Å². The smallest absolute Gasteiger partial charge is 0.303 e. The molecule has 0 bridgehead atoms. The second-order valence-corrected chi connectivity index (χ2v) is 5.04. The number of hydrogen-bond acceptors (Lipinski definition) is 2. The van der Waals surface area contributed by atoms with Crippen LogP contribution >= 0.6 is 0 Å². The van der Waals surface area contributed by atoms with E-state index in [0.717, 1.165) is 26.1 Å². The van der Waals surface area contributed by atoms with E-state index in [1.807, 2.05) is 0 Å². The van der Waals surface area contributed by atoms with Crippen LogP contribution in [0.25, 0.3) is 0 Å². The van der Waals surface area contributed by atoms with Crippen molar-refractivity contribution in [3.05, 3.63) is 0 Å². The lowest BCUT2D eigenvalue weighted by Gasteiger charge is -2.25. The van der Waals surface area contributed by atoms with Crippen molar-refractivity contribution in [1.82, 2.24) is 4.90 Å². The van der Waals surface area contributed by atoms with Gasteiger partial charge in [0.1, 0.15) is 0 Å². The predicted molar refractivity (Wildman–Crippen MR) is 63.0 cm³/mol. The van der Waals surface area contributed by atoms with Gasteiger partial charge < -0.3 is 10.0 Å². The minimum absolute atomic E-state index is 0.284. The van der Waals surface area contributed by atoms with Crippen LogP contribution in [0, 0.1) is 11.8 Å². The minimum Gasteiger partial charge on any atom is -0.481 e. The van der Waals surface area contributed by atoms with E-state index in [1.54, 1.807) is 0 Å². The summed E-state index contributed by atoms with van der Waals surface area (Å²) in [5.41, 5.74) is 0. The van der Waals surface area contributed by atoms with Gasteiger partial charge in [-0.05, 0) is 24.8 Å². The average Bonchev–Trinajstić information content (AvgIpc) is 2.00. The molecule has 3 heteroatoms. The number of nitrogens with zero attached hydrogens (tertiary/aromatic N) is 1. The third-order valence-corrected chi connectivity index (χ3v) is 2.11. The molecule has 0 rings (SSSR count). The second-order valence-electron chi connectivity index (χ2n) is 5.04. The molecule has 0 spiro atoms. The minimum atomic E-state index is -0.691. The average molecular weight is 215 g/mol. The highest BCUT2D eigenvalue weighted by Crippen LogP contribution is 2.05. The van der Waals surface area contributed by atoms with Crippen molar-refractivity contribution in [1.29, 1.82) is 0 Å². The Balaban J connectivity index is 3.84. The van der Waals surface area contributed by atoms with Crippen molar-refractivity contribution in [2.24, 2.45) is 11.8 Å². The van der Waals surface area contributed by atoms with Crippen molar-refractivity contribution in [3.8, 4) is 0 Å². The first-order valence-electron chi connectivity index (χ1n) is 5.86. The number of carbonyl (C=O) groups is 1. The van der Waals surface area contributed by atoms with Crippen molar-refractivity contribution in [3.63, 3.8) is 0 Å². The zero-order chi connectivity index (χ0) is 11.8. The van der Waals surface area contributed by atoms with Gasteiger partial charge in [0, 0.05) is 19.5 Å². The maximum atomic E-state index is 10.4. The predicted octanol–water partition coefficient (Wildman–Crippen LogP) is 2.47. The lowest BCUT2D eigenvalue weighted by atomic mass is 10.1. The van der Waals surface area contributed by atoms with Gasteiger partial charge in [-0.2, -0.15) is 0 Å². The molecule has 0 fully saturated rings. The van der Waals surface area contributed by atoms with Gasteiger partial charge in [-0.25, -0.2) is 0 Å². The molecule has 1 N–H and O–H groups in total. The Labute approximate surface area is 93.5 Å². The molecule has 0 aromatic rings. The van der Waals surface area contributed by atoms with Gasteiger partial charge in [0.25, 0.3) is 0 Å². The molecule has 0 aliphatic rings. The van der Waals surface area contributed by atoms with Crippen LogP contribution in [0.1, 0.15) is 40.5 Å². The summed E-state index contributed by atoms with van der Waals surface area (Å²) in [5, 5.41) is 8.57. The molecule has 0 saturated carbocycles. The molecule has 0 unspecified atom stereocenters. The lowest BCUT2D eigenvalue weighted by molar-refractivity contribution is -0.137. The highest BCUT2D eigenvalue weighted by atomic mass is 16.4. The zero-order valence-electron chi connectivity index (χ0n) is 10.5. The number of hydrogen-bond donors (Lipinski definition) is 1. The van der Waals surface area contributed by atoms with Gasteiger partial charge in [0.15, 0.2) is 0 Å². The molecule has 0 aliphatic heterocycles. The SMILES string of the molecule is CC(C)CN(CCCC(=O)O)CC(C)C. The molecular weight excluding hydrogens is 190 g/mol. The van der Waals surface area contributed by atoms with Crippen LogP contribution in [-0.4, -0.2) is 35.6 Å². The van der Waals surface area contributed by atoms with E-state index in [-0.39, 0.29) is 6.42 Å². The second kappa shape index (κ2) is 7.69. The van der Waals surface area contributed by atoms with Crippen LogP contribution in [0.3, 0.4) is 0 Å². The maximum absolute atomic E-state index is 10.4. The summed E-state index contributed by atoms with van der Waals surface area (Å²) in [4.78, 5) is 12.8. The van der Waals surface area contributed by atoms with E-state index in [4.69, 9.17) is 5.11 Å². The van der Waals surface area contributed by atoms with Crippen molar-refractivity contribution < 1.29 is 9.90 Å². The van der Waals surface area contributed by atoms with E-state index in [9.17, 15) is 4.79 Å². The summed E-state index contributed by atoms with van der Waals surface area (Å²) in [5.74, 6) is 0.603. The van der Waals surface area contributed by atoms with Gasteiger partial charge in [-0.15, -0.1) is 0 Å². The molecule has 0 aliphatic carbocycles. The van der Waals surface area contributed by atoms with Gasteiger partial charge in [-0.3, -0.25) is 4.79 Å². The third-order valence-electron chi connectivity index (χ3n) is 2.11. The summed E-state index contributed by atoms with van der Waals surface area (Å²) in [6.45, 7) is 11.8. The van der Waals surface area contributed by atoms with E-state index in [1.165, 1.54) is 0 Å². The van der Waals surface area contributed by atoms with Gasteiger partial charge in [0.2, 0.25) is 0 Å². The third kappa shape index (κ3) is 9.73. The lowest BCUT2D eigenvalue weighted by Crippen LogP contribution is -2.32. The molecule has 15 heavy (non-hydrogen) atoms. The Hall–Kier alpha value is -0.570. The summed E-state index contributed by atoms with van der Waals surface area (Å²) in [6, 6.07) is 0. The molecule has 0 atom stereocenters. The van der Waals surface area contributed by atoms with Crippen LogP contribution in [0.2, 0.25) is 0 Å². The first kappa shape index (κ1) is 14.4. The highest BCUT2D eigenvalue weighted by molar-refractivity contribution is 5.66. The first-order chi connectivity index (χ1) is 6.91. The highest BCUT2D eigenvalue weighted by Gasteiger charge is 2.09. The Morgan fingerprint density at radius 1 is 1.13 bits per heavy atom. The number of carboxylic acid groups (broad SMARTS) is 1. The molecule has 3 nitrogen and oxygen atoms in total. The summed E-state index contributed by atoms with van der Waals surface area (Å²) in [6.07, 6.45) is 1.04. The van der Waals surface area contributed by atoms with Gasteiger partial charge >= 0.3 is 5.97 Å². The fourth-order valence-corrected chi connectivity index (χ4v) is 1.74. The maximum Gasteiger partial charge on any atom is 0.303 e. The van der Waals surface area contributed by atoms with E-state index in [0.29, 0.717) is 11.8 Å². The Bertz CT molecular complexity index is 168. The largest absolute Gasteiger partial charge is 0.481 e. The van der Waals surface area contributed by atoms with E-state index in [2.05, 4.69) is 32.6 Å². The molecule has 0 aromatic heterocycles. The Morgan fingerprint density at radius 2 is 1.60 bits per heavy atom. The van der Waals surface area contributed by atoms with Gasteiger partial charge in [-0.1, -0.05) is 27.7 Å². The Morgan fingerprint density at radius 3 is 1.93 bits per heavy atom. The quantitative estimate of drug-likeness (QED) is 0.676. The topological polar surface area (TPSA) is 40.5 Å². The summed E-state index contributed by atoms with van der Waals surface area (Å²) >= 11 is 0. The molecule has 0 amide bonds. The molecule has 90 valence electrons. The van der Waals surface area contributed by atoms with Crippen LogP contribution in [0.5, 0.6) is 0 Å². The summed E-state index contributed by atoms with van der Waals surface area (Å²) < 4.78 is 0. The normalized spacial score (nSPS) is 11.7. The zero-order valence-corrected chi connectivity index (χ0v) is 10.5. The molecule has 0 aromatic carbocycles. The monoisotopic (exact) mass is 215 g/mol. The molecule has 0 saturated heterocycles. The summed E-state index contributed by atoms with van der Waals surface area (Å²) in [7, 11) is 0. The van der Waals surface area contributed by atoms with Crippen LogP contribution in [-0.2, 0) is 4.79 Å². The standard InChI is InChI=1S/C12H25NO2/c1-10(2)8-13(9-11(3)4)7-5-6-12(14)15/h10-11H,5-9H2,1-4H3,(H,14,15). The fourth-order valence-electron chi connectivity index (χ4n) is 1.74. The fraction of sp³-hybridized carbons (Fsp3) is 0.917. The number of rotatable bonds is 8. The number of aliphatic carboxylic acids is 1. The molecule has 0 radical (unpaired) electrons. The molecule has 0 heterocycles. The van der Waals surface area contributed by atoms with Gasteiger partial charge in [0.05, 0.1) is 0 Å². The van der Waals surface area contributed by atoms with E-state index >= 15 is 0 Å². The van der Waals surface area contributed by atoms with Crippen molar-refractivity contribution >= 4 is 5.97 Å². The van der Waals surface area contributed by atoms with E-state index < -0.39 is 5.97 Å². The number of carboxylic acids is 1. The molecular formula is C12H25NO2. The first-order valence-corrected chi connectivity index (χ1v) is 5.86. The van der Waals surface area contributed by atoms with Crippen LogP contribution in [0.4, 0.5) is 0 Å². The Kier molecular flexibility index (Phi) is 7.39. The van der Waals surface area contributed by atoms with Crippen molar-refractivity contribution in [2.75, 3.05) is 19.6 Å². The van der Waals surface area contributed by atoms with Crippen molar-refractivity contribution in [2.45, 2.75) is 40.5 Å².